The molecule has 3 rings (SSSR count). The third-order valence-corrected chi connectivity index (χ3v) is 5.18. The summed E-state index contributed by atoms with van der Waals surface area (Å²) in [4.78, 5) is 23.6. The van der Waals surface area contributed by atoms with Crippen LogP contribution in [0.15, 0.2) is 36.7 Å². The van der Waals surface area contributed by atoms with Crippen molar-refractivity contribution in [1.82, 2.24) is 14.9 Å². The molecule has 0 saturated carbocycles. The van der Waals surface area contributed by atoms with Gasteiger partial charge in [-0.25, -0.2) is 9.97 Å². The quantitative estimate of drug-likeness (QED) is 0.722. The van der Waals surface area contributed by atoms with Gasteiger partial charge >= 0.3 is 0 Å². The van der Waals surface area contributed by atoms with Crippen molar-refractivity contribution in [2.24, 2.45) is 5.92 Å². The van der Waals surface area contributed by atoms with Gasteiger partial charge in [0.2, 0.25) is 0 Å². The zero-order chi connectivity index (χ0) is 19.2. The number of nitrogens with one attached hydrogen (secondary N) is 2. The molecule has 1 aliphatic rings. The van der Waals surface area contributed by atoms with Crippen LogP contribution in [0, 0.1) is 5.92 Å². The van der Waals surface area contributed by atoms with E-state index in [-0.39, 0.29) is 18.3 Å². The van der Waals surface area contributed by atoms with Gasteiger partial charge in [-0.3, -0.25) is 4.79 Å². The van der Waals surface area contributed by atoms with Gasteiger partial charge < -0.3 is 15.5 Å². The van der Waals surface area contributed by atoms with E-state index in [2.05, 4.69) is 39.3 Å². The first-order valence-corrected chi connectivity index (χ1v) is 9.76. The molecule has 0 radical (unpaired) electrons. The highest BCUT2D eigenvalue weighted by molar-refractivity contribution is 6.30. The van der Waals surface area contributed by atoms with Crippen molar-refractivity contribution in [2.45, 2.75) is 32.7 Å². The van der Waals surface area contributed by atoms with Crippen molar-refractivity contribution in [3.8, 4) is 0 Å². The standard InChI is InChI=1S/C20H26ClN5O.ClH/c1-14(2)26-10-7-15(8-11-26)12-24-19-17(4-3-9-22-19)20(27)25-18-6-5-16(21)13-23-18;/h3-6,9,13-15H,7-8,10-12H2,1-2H3,(H,22,24)(H,23,25,27);1H. The normalized spacial score (nSPS) is 15.1. The summed E-state index contributed by atoms with van der Waals surface area (Å²) in [5.74, 6) is 1.42. The zero-order valence-corrected chi connectivity index (χ0v) is 17.8. The van der Waals surface area contributed by atoms with E-state index in [0.717, 1.165) is 32.5 Å². The third kappa shape index (κ3) is 6.06. The van der Waals surface area contributed by atoms with E-state index in [1.807, 2.05) is 0 Å². The summed E-state index contributed by atoms with van der Waals surface area (Å²) in [6.07, 6.45) is 5.52. The number of likely N-dealkylation sites (tertiary alicyclic amines) is 1. The highest BCUT2D eigenvalue weighted by Crippen LogP contribution is 2.21. The molecule has 0 unspecified atom stereocenters. The predicted molar refractivity (Wildman–Crippen MR) is 117 cm³/mol. The number of amides is 1. The Hall–Kier alpha value is -1.89. The number of anilines is 2. The molecule has 2 aromatic rings. The highest BCUT2D eigenvalue weighted by atomic mass is 35.5. The van der Waals surface area contributed by atoms with Crippen LogP contribution in [0.4, 0.5) is 11.6 Å². The first-order chi connectivity index (χ1) is 13.0. The van der Waals surface area contributed by atoms with Gasteiger partial charge in [-0.05, 0) is 70.0 Å². The van der Waals surface area contributed by atoms with Crippen LogP contribution in [0.25, 0.3) is 0 Å². The fourth-order valence-corrected chi connectivity index (χ4v) is 3.39. The van der Waals surface area contributed by atoms with E-state index in [1.165, 1.54) is 6.20 Å². The summed E-state index contributed by atoms with van der Waals surface area (Å²) in [5, 5.41) is 6.69. The van der Waals surface area contributed by atoms with Crippen LogP contribution < -0.4 is 10.6 Å². The molecule has 2 N–H and O–H groups in total. The highest BCUT2D eigenvalue weighted by Gasteiger charge is 2.21. The largest absolute Gasteiger partial charge is 0.369 e. The van der Waals surface area contributed by atoms with Crippen molar-refractivity contribution >= 4 is 41.6 Å². The summed E-state index contributed by atoms with van der Waals surface area (Å²) < 4.78 is 0. The Morgan fingerprint density at radius 1 is 1.25 bits per heavy atom. The number of halogens is 2. The van der Waals surface area contributed by atoms with Crippen LogP contribution in [0.5, 0.6) is 0 Å². The second-order valence-electron chi connectivity index (χ2n) is 7.17. The average molecular weight is 424 g/mol. The summed E-state index contributed by atoms with van der Waals surface area (Å²) in [7, 11) is 0. The molecular formula is C20H27Cl2N5O. The van der Waals surface area contributed by atoms with E-state index >= 15 is 0 Å². The Balaban J connectivity index is 0.00000280. The molecule has 1 aliphatic heterocycles. The molecule has 8 heteroatoms. The van der Waals surface area contributed by atoms with Crippen LogP contribution in [0.2, 0.25) is 5.02 Å². The van der Waals surface area contributed by atoms with E-state index in [4.69, 9.17) is 11.6 Å². The number of carbonyl (C=O) groups excluding carboxylic acids is 1. The van der Waals surface area contributed by atoms with Crippen LogP contribution >= 0.6 is 24.0 Å². The maximum atomic E-state index is 12.6. The molecule has 1 saturated heterocycles. The Bertz CT molecular complexity index is 761. The second kappa shape index (κ2) is 10.6. The molecule has 0 aliphatic carbocycles. The number of aromatic nitrogens is 2. The van der Waals surface area contributed by atoms with Crippen molar-refractivity contribution in [3.05, 3.63) is 47.2 Å². The number of carbonyl (C=O) groups is 1. The lowest BCUT2D eigenvalue weighted by Gasteiger charge is -2.34. The molecule has 0 aromatic carbocycles. The third-order valence-electron chi connectivity index (χ3n) is 4.96. The molecular weight excluding hydrogens is 397 g/mol. The lowest BCUT2D eigenvalue weighted by molar-refractivity contribution is 0.102. The predicted octanol–water partition coefficient (Wildman–Crippen LogP) is 4.34. The van der Waals surface area contributed by atoms with Crippen molar-refractivity contribution in [3.63, 3.8) is 0 Å². The molecule has 0 spiro atoms. The fourth-order valence-electron chi connectivity index (χ4n) is 3.28. The Morgan fingerprint density at radius 3 is 2.64 bits per heavy atom. The summed E-state index contributed by atoms with van der Waals surface area (Å²) >= 11 is 5.83. The maximum absolute atomic E-state index is 12.6. The summed E-state index contributed by atoms with van der Waals surface area (Å²) in [6, 6.07) is 7.49. The molecule has 0 bridgehead atoms. The molecule has 1 fully saturated rings. The minimum atomic E-state index is -0.241. The van der Waals surface area contributed by atoms with Crippen molar-refractivity contribution < 1.29 is 4.79 Å². The van der Waals surface area contributed by atoms with Gasteiger partial charge in [0, 0.05) is 25.0 Å². The molecule has 3 heterocycles. The van der Waals surface area contributed by atoms with Crippen molar-refractivity contribution in [2.75, 3.05) is 30.3 Å². The SMILES string of the molecule is CC(C)N1CCC(CNc2ncccc2C(=O)Nc2ccc(Cl)cn2)CC1.Cl. The molecule has 2 aromatic heterocycles. The van der Waals surface area contributed by atoms with E-state index in [0.29, 0.717) is 34.2 Å². The topological polar surface area (TPSA) is 70.2 Å². The Morgan fingerprint density at radius 2 is 2.00 bits per heavy atom. The lowest BCUT2D eigenvalue weighted by Crippen LogP contribution is -2.40. The van der Waals surface area contributed by atoms with E-state index in [9.17, 15) is 4.79 Å². The molecule has 6 nitrogen and oxygen atoms in total. The Labute approximate surface area is 177 Å². The number of piperidine rings is 1. The first kappa shape index (κ1) is 22.4. The minimum absolute atomic E-state index is 0. The fraction of sp³-hybridized carbons (Fsp3) is 0.450. The molecule has 1 amide bonds. The zero-order valence-electron chi connectivity index (χ0n) is 16.2. The van der Waals surface area contributed by atoms with Gasteiger partial charge in [0.05, 0.1) is 10.6 Å². The van der Waals surface area contributed by atoms with Gasteiger partial charge in [-0.15, -0.1) is 12.4 Å². The minimum Gasteiger partial charge on any atom is -0.369 e. The smallest absolute Gasteiger partial charge is 0.260 e. The van der Waals surface area contributed by atoms with Crippen LogP contribution in [0.3, 0.4) is 0 Å². The van der Waals surface area contributed by atoms with Crippen LogP contribution in [0.1, 0.15) is 37.0 Å². The Kier molecular flexibility index (Phi) is 8.48. The van der Waals surface area contributed by atoms with Gasteiger partial charge in [0.15, 0.2) is 0 Å². The van der Waals surface area contributed by atoms with Crippen LogP contribution in [-0.2, 0) is 0 Å². The number of hydrogen-bond acceptors (Lipinski definition) is 5. The average Bonchev–Trinajstić information content (AvgIpc) is 2.68. The molecule has 0 atom stereocenters. The second-order valence-corrected chi connectivity index (χ2v) is 7.61. The lowest BCUT2D eigenvalue weighted by atomic mass is 9.96. The van der Waals surface area contributed by atoms with E-state index in [1.54, 1.807) is 30.5 Å². The van der Waals surface area contributed by atoms with Gasteiger partial charge in [-0.2, -0.15) is 0 Å². The maximum Gasteiger partial charge on any atom is 0.260 e. The first-order valence-electron chi connectivity index (χ1n) is 9.39. The van der Waals surface area contributed by atoms with Gasteiger partial charge in [-0.1, -0.05) is 11.6 Å². The van der Waals surface area contributed by atoms with Gasteiger partial charge in [0.25, 0.3) is 5.91 Å². The number of nitrogens with zero attached hydrogens (tertiary/aromatic N) is 3. The summed E-state index contributed by atoms with van der Waals surface area (Å²) in [5.41, 5.74) is 0.508. The van der Waals surface area contributed by atoms with Crippen molar-refractivity contribution in [1.29, 1.82) is 0 Å². The molecule has 28 heavy (non-hydrogen) atoms. The number of hydrogen-bond donors (Lipinski definition) is 2. The monoisotopic (exact) mass is 423 g/mol. The summed E-state index contributed by atoms with van der Waals surface area (Å²) in [6.45, 7) is 7.56. The number of rotatable bonds is 6. The van der Waals surface area contributed by atoms with E-state index < -0.39 is 0 Å². The van der Waals surface area contributed by atoms with Gasteiger partial charge in [0.1, 0.15) is 11.6 Å². The van der Waals surface area contributed by atoms with Crippen LogP contribution in [-0.4, -0.2) is 46.5 Å². The number of pyridine rings is 2. The molecule has 152 valence electrons.